The smallest absolute Gasteiger partial charge is 0.251 e. The van der Waals surface area contributed by atoms with Gasteiger partial charge in [0.1, 0.15) is 0 Å². The van der Waals surface area contributed by atoms with Crippen molar-refractivity contribution >= 4 is 11.8 Å². The fraction of sp³-hybridized carbons (Fsp3) is 0.529. The average molecular weight is 306 g/mol. The van der Waals surface area contributed by atoms with Gasteiger partial charge in [-0.1, -0.05) is 32.0 Å². The maximum atomic E-state index is 11.8. The van der Waals surface area contributed by atoms with E-state index in [4.69, 9.17) is 0 Å². The Labute approximate surface area is 132 Å². The van der Waals surface area contributed by atoms with Gasteiger partial charge in [-0.05, 0) is 37.8 Å². The molecule has 0 saturated carbocycles. The maximum Gasteiger partial charge on any atom is 0.251 e. The highest BCUT2D eigenvalue weighted by molar-refractivity contribution is 5.96. The molecule has 1 aromatic carbocycles. The van der Waals surface area contributed by atoms with Crippen LogP contribution >= 0.6 is 0 Å². The summed E-state index contributed by atoms with van der Waals surface area (Å²) in [5, 5.41) is 15.4. The molecular formula is C17H26N2O3. The van der Waals surface area contributed by atoms with Gasteiger partial charge in [0.25, 0.3) is 5.91 Å². The molecule has 0 saturated heterocycles. The Morgan fingerprint density at radius 2 is 1.82 bits per heavy atom. The van der Waals surface area contributed by atoms with Crippen LogP contribution in [0, 0.1) is 5.92 Å². The number of hydrogen-bond donors (Lipinski definition) is 3. The van der Waals surface area contributed by atoms with E-state index < -0.39 is 5.60 Å². The largest absolute Gasteiger partial charge is 0.388 e. The van der Waals surface area contributed by atoms with Gasteiger partial charge in [0.15, 0.2) is 0 Å². The van der Waals surface area contributed by atoms with Crippen molar-refractivity contribution < 1.29 is 14.7 Å². The van der Waals surface area contributed by atoms with Gasteiger partial charge in [-0.3, -0.25) is 9.59 Å². The first-order valence-electron chi connectivity index (χ1n) is 7.62. The van der Waals surface area contributed by atoms with Gasteiger partial charge >= 0.3 is 0 Å². The van der Waals surface area contributed by atoms with Crippen LogP contribution in [0.3, 0.4) is 0 Å². The molecule has 1 aromatic rings. The second kappa shape index (κ2) is 8.54. The van der Waals surface area contributed by atoms with E-state index in [1.54, 1.807) is 31.2 Å². The second-order valence-electron chi connectivity index (χ2n) is 6.25. The number of hydrogen-bond acceptors (Lipinski definition) is 3. The normalized spacial score (nSPS) is 13.5. The predicted molar refractivity (Wildman–Crippen MR) is 86.5 cm³/mol. The molecule has 1 atom stereocenters. The fourth-order valence-electron chi connectivity index (χ4n) is 1.89. The van der Waals surface area contributed by atoms with Gasteiger partial charge in [-0.2, -0.15) is 0 Å². The van der Waals surface area contributed by atoms with Gasteiger partial charge in [-0.25, -0.2) is 0 Å². The van der Waals surface area contributed by atoms with Crippen molar-refractivity contribution in [1.29, 1.82) is 0 Å². The van der Waals surface area contributed by atoms with Gasteiger partial charge < -0.3 is 15.7 Å². The summed E-state index contributed by atoms with van der Waals surface area (Å²) >= 11 is 0. The fourth-order valence-corrected chi connectivity index (χ4v) is 1.89. The highest BCUT2D eigenvalue weighted by Gasteiger charge is 2.21. The molecule has 5 heteroatoms. The highest BCUT2D eigenvalue weighted by Crippen LogP contribution is 2.15. The lowest BCUT2D eigenvalue weighted by atomic mass is 9.95. The van der Waals surface area contributed by atoms with E-state index in [0.29, 0.717) is 17.9 Å². The van der Waals surface area contributed by atoms with E-state index >= 15 is 0 Å². The number of rotatable bonds is 8. The molecule has 0 aliphatic heterocycles. The van der Waals surface area contributed by atoms with Crippen molar-refractivity contribution in [2.24, 2.45) is 5.92 Å². The van der Waals surface area contributed by atoms with Crippen molar-refractivity contribution in [1.82, 2.24) is 10.6 Å². The average Bonchev–Trinajstić information content (AvgIpc) is 2.49. The van der Waals surface area contributed by atoms with E-state index in [1.807, 2.05) is 6.07 Å². The molecule has 0 heterocycles. The minimum atomic E-state index is -0.927. The van der Waals surface area contributed by atoms with Crippen LogP contribution in [-0.2, 0) is 4.79 Å². The van der Waals surface area contributed by atoms with Crippen LogP contribution in [0.4, 0.5) is 0 Å². The zero-order valence-electron chi connectivity index (χ0n) is 13.6. The maximum absolute atomic E-state index is 11.8. The third-order valence-corrected chi connectivity index (χ3v) is 3.37. The summed E-state index contributed by atoms with van der Waals surface area (Å²) in [7, 11) is 0. The lowest BCUT2D eigenvalue weighted by Gasteiger charge is -2.24. The summed E-state index contributed by atoms with van der Waals surface area (Å²) in [6, 6.07) is 8.72. The quantitative estimate of drug-likeness (QED) is 0.684. The molecule has 2 amide bonds. The molecule has 0 spiro atoms. The van der Waals surface area contributed by atoms with Gasteiger partial charge in [0.2, 0.25) is 5.91 Å². The van der Waals surface area contributed by atoms with Crippen LogP contribution in [0.15, 0.2) is 30.3 Å². The van der Waals surface area contributed by atoms with Crippen molar-refractivity contribution in [2.75, 3.05) is 13.1 Å². The Hall–Kier alpha value is -1.88. The molecule has 5 nitrogen and oxygen atoms in total. The van der Waals surface area contributed by atoms with Gasteiger partial charge in [0, 0.05) is 12.1 Å². The van der Waals surface area contributed by atoms with Gasteiger partial charge in [-0.15, -0.1) is 0 Å². The van der Waals surface area contributed by atoms with Crippen LogP contribution in [0.5, 0.6) is 0 Å². The Bertz CT molecular complexity index is 484. The minimum Gasteiger partial charge on any atom is -0.388 e. The van der Waals surface area contributed by atoms with Crippen LogP contribution in [0.25, 0.3) is 0 Å². The predicted octanol–water partition coefficient (Wildman–Crippen LogP) is 1.72. The summed E-state index contributed by atoms with van der Waals surface area (Å²) in [5.74, 6) is -0.0937. The van der Waals surface area contributed by atoms with Crippen molar-refractivity contribution in [3.63, 3.8) is 0 Å². The molecule has 22 heavy (non-hydrogen) atoms. The third-order valence-electron chi connectivity index (χ3n) is 3.37. The lowest BCUT2D eigenvalue weighted by Crippen LogP contribution is -2.44. The van der Waals surface area contributed by atoms with Crippen molar-refractivity contribution in [3.05, 3.63) is 35.9 Å². The number of benzene rings is 1. The molecule has 3 N–H and O–H groups in total. The Kier molecular flexibility index (Phi) is 7.05. The van der Waals surface area contributed by atoms with E-state index in [0.717, 1.165) is 6.42 Å². The second-order valence-corrected chi connectivity index (χ2v) is 6.25. The van der Waals surface area contributed by atoms with Crippen LogP contribution in [-0.4, -0.2) is 35.6 Å². The Morgan fingerprint density at radius 1 is 1.18 bits per heavy atom. The topological polar surface area (TPSA) is 78.4 Å². The zero-order chi connectivity index (χ0) is 16.6. The monoisotopic (exact) mass is 306 g/mol. The first-order valence-corrected chi connectivity index (χ1v) is 7.62. The molecule has 122 valence electrons. The Morgan fingerprint density at radius 3 is 2.41 bits per heavy atom. The van der Waals surface area contributed by atoms with E-state index in [2.05, 4.69) is 24.5 Å². The molecule has 1 rings (SSSR count). The molecule has 0 aliphatic rings. The van der Waals surface area contributed by atoms with Gasteiger partial charge in [0.05, 0.1) is 12.1 Å². The molecule has 0 aliphatic carbocycles. The highest BCUT2D eigenvalue weighted by atomic mass is 16.3. The SMILES string of the molecule is CC(C)CCC(C)(O)CNC(=O)CNC(=O)c1ccccc1. The molecule has 0 bridgehead atoms. The first kappa shape index (κ1) is 18.2. The van der Waals surface area contributed by atoms with Crippen LogP contribution in [0.2, 0.25) is 0 Å². The summed E-state index contributed by atoms with van der Waals surface area (Å²) < 4.78 is 0. The summed E-state index contributed by atoms with van der Waals surface area (Å²) in [4.78, 5) is 23.5. The van der Waals surface area contributed by atoms with Crippen LogP contribution in [0.1, 0.15) is 44.0 Å². The van der Waals surface area contributed by atoms with Crippen molar-refractivity contribution in [3.8, 4) is 0 Å². The van der Waals surface area contributed by atoms with E-state index in [-0.39, 0.29) is 24.9 Å². The standard InChI is InChI=1S/C17H26N2O3/c1-13(2)9-10-17(3,22)12-19-15(20)11-18-16(21)14-7-5-4-6-8-14/h4-8,13,22H,9-12H2,1-3H3,(H,18,21)(H,19,20). The molecule has 0 radical (unpaired) electrons. The number of carbonyl (C=O) groups is 2. The number of carbonyl (C=O) groups excluding carboxylic acids is 2. The zero-order valence-corrected chi connectivity index (χ0v) is 13.6. The minimum absolute atomic E-state index is 0.103. The number of aliphatic hydroxyl groups is 1. The van der Waals surface area contributed by atoms with Crippen LogP contribution < -0.4 is 10.6 Å². The third kappa shape index (κ3) is 7.22. The Balaban J connectivity index is 2.30. The molecular weight excluding hydrogens is 280 g/mol. The summed E-state index contributed by atoms with van der Waals surface area (Å²) in [5.41, 5.74) is -0.414. The first-order chi connectivity index (χ1) is 10.3. The number of amides is 2. The molecule has 1 unspecified atom stereocenters. The van der Waals surface area contributed by atoms with E-state index in [1.165, 1.54) is 0 Å². The summed E-state index contributed by atoms with van der Waals surface area (Å²) in [6.45, 7) is 5.97. The van der Waals surface area contributed by atoms with E-state index in [9.17, 15) is 14.7 Å². The lowest BCUT2D eigenvalue weighted by molar-refractivity contribution is -0.121. The van der Waals surface area contributed by atoms with Crippen molar-refractivity contribution in [2.45, 2.75) is 39.2 Å². The molecule has 0 fully saturated rings. The summed E-state index contributed by atoms with van der Waals surface area (Å²) in [6.07, 6.45) is 1.52. The number of nitrogens with one attached hydrogen (secondary N) is 2. The molecule has 0 aromatic heterocycles.